The fourth-order valence-electron chi connectivity index (χ4n) is 2.72. The van der Waals surface area contributed by atoms with E-state index in [9.17, 15) is 4.79 Å². The maximum atomic E-state index is 11.5. The second kappa shape index (κ2) is 8.50. The molecule has 1 fully saturated rings. The number of amides is 1. The molecule has 20 heavy (non-hydrogen) atoms. The lowest BCUT2D eigenvalue weighted by Crippen LogP contribution is -2.34. The molecule has 1 atom stereocenters. The largest absolute Gasteiger partial charge is 0.444 e. The first-order valence-corrected chi connectivity index (χ1v) is 8.13. The van der Waals surface area contributed by atoms with Gasteiger partial charge in [-0.25, -0.2) is 4.79 Å². The molecule has 0 aromatic rings. The number of carbonyl (C=O) groups excluding carboxylic acids is 1. The molecule has 1 aliphatic rings. The number of carbonyl (C=O) groups is 1. The van der Waals surface area contributed by atoms with Gasteiger partial charge < -0.3 is 15.0 Å². The summed E-state index contributed by atoms with van der Waals surface area (Å²) in [6.45, 7) is 11.1. The van der Waals surface area contributed by atoms with E-state index in [0.717, 1.165) is 12.5 Å². The Labute approximate surface area is 124 Å². The fraction of sp³-hybridized carbons (Fsp3) is 0.938. The molecule has 0 bridgehead atoms. The van der Waals surface area contributed by atoms with Crippen molar-refractivity contribution >= 4 is 6.09 Å². The smallest absolute Gasteiger partial charge is 0.407 e. The van der Waals surface area contributed by atoms with Crippen molar-refractivity contribution in [2.75, 3.05) is 19.6 Å². The molecular formula is C16H32N2O2. The monoisotopic (exact) mass is 284 g/mol. The number of rotatable bonds is 7. The summed E-state index contributed by atoms with van der Waals surface area (Å²) in [4.78, 5) is 14.1. The first kappa shape index (κ1) is 17.3. The molecule has 1 amide bonds. The molecule has 1 heterocycles. The van der Waals surface area contributed by atoms with Crippen LogP contribution in [0.15, 0.2) is 0 Å². The predicted molar refractivity (Wildman–Crippen MR) is 83.0 cm³/mol. The van der Waals surface area contributed by atoms with Gasteiger partial charge in [0, 0.05) is 12.6 Å². The van der Waals surface area contributed by atoms with Gasteiger partial charge in [-0.3, -0.25) is 0 Å². The molecule has 1 aliphatic heterocycles. The van der Waals surface area contributed by atoms with Crippen LogP contribution >= 0.6 is 0 Å². The van der Waals surface area contributed by atoms with E-state index >= 15 is 0 Å². The van der Waals surface area contributed by atoms with E-state index in [0.29, 0.717) is 6.54 Å². The Bertz CT molecular complexity index is 287. The minimum atomic E-state index is -0.410. The first-order valence-electron chi connectivity index (χ1n) is 8.13. The lowest BCUT2D eigenvalue weighted by atomic mass is 10.1. The zero-order chi connectivity index (χ0) is 15.0. The molecular weight excluding hydrogens is 252 g/mol. The summed E-state index contributed by atoms with van der Waals surface area (Å²) in [5, 5.41) is 2.84. The molecule has 0 radical (unpaired) electrons. The van der Waals surface area contributed by atoms with E-state index in [1.54, 1.807) is 0 Å². The molecule has 0 aromatic carbocycles. The summed E-state index contributed by atoms with van der Waals surface area (Å²) in [5.74, 6) is 0. The van der Waals surface area contributed by atoms with Crippen LogP contribution in [0.5, 0.6) is 0 Å². The van der Waals surface area contributed by atoms with Crippen LogP contribution in [0, 0.1) is 0 Å². The van der Waals surface area contributed by atoms with Gasteiger partial charge >= 0.3 is 6.09 Å². The molecule has 0 unspecified atom stereocenters. The van der Waals surface area contributed by atoms with Gasteiger partial charge in [0.2, 0.25) is 0 Å². The summed E-state index contributed by atoms with van der Waals surface area (Å²) >= 11 is 0. The second-order valence-electron chi connectivity index (χ2n) is 6.76. The van der Waals surface area contributed by atoms with Gasteiger partial charge in [0.25, 0.3) is 0 Å². The van der Waals surface area contributed by atoms with Crippen LogP contribution < -0.4 is 5.32 Å². The maximum Gasteiger partial charge on any atom is 0.407 e. The molecule has 0 spiro atoms. The lowest BCUT2D eigenvalue weighted by Gasteiger charge is -2.24. The molecule has 1 saturated heterocycles. The zero-order valence-electron chi connectivity index (χ0n) is 13.7. The summed E-state index contributed by atoms with van der Waals surface area (Å²) in [7, 11) is 0. The van der Waals surface area contributed by atoms with Gasteiger partial charge in [-0.15, -0.1) is 0 Å². The topological polar surface area (TPSA) is 41.6 Å². The van der Waals surface area contributed by atoms with E-state index in [1.165, 1.54) is 45.2 Å². The normalized spacial score (nSPS) is 20.1. The summed E-state index contributed by atoms with van der Waals surface area (Å²) in [6.07, 6.45) is 7.12. The van der Waals surface area contributed by atoms with Crippen molar-refractivity contribution in [3.05, 3.63) is 0 Å². The van der Waals surface area contributed by atoms with E-state index < -0.39 is 5.60 Å². The minimum Gasteiger partial charge on any atom is -0.444 e. The molecule has 4 nitrogen and oxygen atoms in total. The predicted octanol–water partition coefficient (Wildman–Crippen LogP) is 3.56. The Hall–Kier alpha value is -0.770. The number of ether oxygens (including phenoxy) is 1. The Morgan fingerprint density at radius 2 is 2.10 bits per heavy atom. The number of likely N-dealkylation sites (tertiary alicyclic amines) is 1. The van der Waals surface area contributed by atoms with E-state index in [1.807, 2.05) is 20.8 Å². The summed E-state index contributed by atoms with van der Waals surface area (Å²) in [5.41, 5.74) is -0.410. The zero-order valence-corrected chi connectivity index (χ0v) is 13.7. The van der Waals surface area contributed by atoms with Gasteiger partial charge in [-0.2, -0.15) is 0 Å². The van der Waals surface area contributed by atoms with Crippen LogP contribution in [0.1, 0.15) is 66.2 Å². The number of alkyl carbamates (subject to hydrolysis) is 1. The highest BCUT2D eigenvalue weighted by Crippen LogP contribution is 2.21. The van der Waals surface area contributed by atoms with Crippen LogP contribution in [0.3, 0.4) is 0 Å². The first-order chi connectivity index (χ1) is 9.42. The summed E-state index contributed by atoms with van der Waals surface area (Å²) < 4.78 is 5.22. The number of nitrogens with zero attached hydrogens (tertiary/aromatic N) is 1. The Morgan fingerprint density at radius 1 is 1.35 bits per heavy atom. The lowest BCUT2D eigenvalue weighted by molar-refractivity contribution is 0.0526. The van der Waals surface area contributed by atoms with Gasteiger partial charge in [0.1, 0.15) is 5.60 Å². The van der Waals surface area contributed by atoms with Gasteiger partial charge in [-0.05, 0) is 66.0 Å². The SMILES string of the molecule is CCCCN1CCC[C@H]1CCCNC(=O)OC(C)(C)C. The fourth-order valence-corrected chi connectivity index (χ4v) is 2.72. The van der Waals surface area contributed by atoms with E-state index in [2.05, 4.69) is 17.1 Å². The van der Waals surface area contributed by atoms with Crippen LogP contribution in [0.25, 0.3) is 0 Å². The third kappa shape index (κ3) is 7.13. The number of unbranched alkanes of at least 4 members (excludes halogenated alkanes) is 1. The van der Waals surface area contributed by atoms with Gasteiger partial charge in [0.05, 0.1) is 0 Å². The van der Waals surface area contributed by atoms with Crippen LogP contribution in [-0.2, 0) is 4.74 Å². The second-order valence-corrected chi connectivity index (χ2v) is 6.76. The molecule has 1 N–H and O–H groups in total. The third-order valence-corrected chi connectivity index (χ3v) is 3.68. The highest BCUT2D eigenvalue weighted by Gasteiger charge is 2.23. The Kier molecular flexibility index (Phi) is 7.35. The molecule has 118 valence electrons. The van der Waals surface area contributed by atoms with Gasteiger partial charge in [0.15, 0.2) is 0 Å². The van der Waals surface area contributed by atoms with Gasteiger partial charge in [-0.1, -0.05) is 13.3 Å². The molecule has 4 heteroatoms. The van der Waals surface area contributed by atoms with Crippen LogP contribution in [0.4, 0.5) is 4.79 Å². The minimum absolute atomic E-state index is 0.299. The quantitative estimate of drug-likeness (QED) is 0.727. The molecule has 0 aromatic heterocycles. The number of hydrogen-bond donors (Lipinski definition) is 1. The van der Waals surface area contributed by atoms with E-state index in [-0.39, 0.29) is 6.09 Å². The van der Waals surface area contributed by atoms with E-state index in [4.69, 9.17) is 4.74 Å². The summed E-state index contributed by atoms with van der Waals surface area (Å²) in [6, 6.07) is 0.724. The standard InChI is InChI=1S/C16H32N2O2/c1-5-6-12-18-13-8-10-14(18)9-7-11-17-15(19)20-16(2,3)4/h14H,5-13H2,1-4H3,(H,17,19)/t14-/m1/s1. The highest BCUT2D eigenvalue weighted by molar-refractivity contribution is 5.67. The van der Waals surface area contributed by atoms with Crippen molar-refractivity contribution in [1.29, 1.82) is 0 Å². The molecule has 1 rings (SSSR count). The molecule has 0 saturated carbocycles. The van der Waals surface area contributed by atoms with Crippen molar-refractivity contribution in [2.45, 2.75) is 77.9 Å². The highest BCUT2D eigenvalue weighted by atomic mass is 16.6. The average molecular weight is 284 g/mol. The maximum absolute atomic E-state index is 11.5. The van der Waals surface area contributed by atoms with Crippen molar-refractivity contribution in [2.24, 2.45) is 0 Å². The Balaban J connectivity index is 2.12. The number of nitrogens with one attached hydrogen (secondary N) is 1. The van der Waals surface area contributed by atoms with Crippen LogP contribution in [-0.4, -0.2) is 42.3 Å². The number of hydrogen-bond acceptors (Lipinski definition) is 3. The van der Waals surface area contributed by atoms with Crippen molar-refractivity contribution in [3.63, 3.8) is 0 Å². The van der Waals surface area contributed by atoms with Crippen molar-refractivity contribution in [3.8, 4) is 0 Å². The molecule has 0 aliphatic carbocycles. The van der Waals surface area contributed by atoms with Crippen molar-refractivity contribution < 1.29 is 9.53 Å². The Morgan fingerprint density at radius 3 is 2.75 bits per heavy atom. The van der Waals surface area contributed by atoms with Crippen LogP contribution in [0.2, 0.25) is 0 Å². The third-order valence-electron chi connectivity index (χ3n) is 3.68. The van der Waals surface area contributed by atoms with Crippen molar-refractivity contribution in [1.82, 2.24) is 10.2 Å². The average Bonchev–Trinajstić information content (AvgIpc) is 2.77.